The summed E-state index contributed by atoms with van der Waals surface area (Å²) in [4.78, 5) is 38.5. The SMILES string of the molecule is CCCCCC/C=C\C/C=C\CCCCCCCC(=O)OCC(COC(=O)CCCCCCCCCCCCCCCCCCCCCCCCCCCCCC)OC(=O)CCCCCCCCCCC/C=C\C/C=C\CCCCCCC. The highest BCUT2D eigenvalue weighted by atomic mass is 16.6. The van der Waals surface area contributed by atoms with E-state index in [4.69, 9.17) is 14.2 Å². The molecule has 0 aliphatic rings. The minimum absolute atomic E-state index is 0.0753. The minimum atomic E-state index is -0.782. The molecule has 6 nitrogen and oxygen atoms in total. The minimum Gasteiger partial charge on any atom is -0.462 e. The Morgan fingerprint density at radius 1 is 0.241 bits per heavy atom. The third-order valence-electron chi connectivity index (χ3n) is 16.8. The fourth-order valence-electron chi connectivity index (χ4n) is 11.2. The van der Waals surface area contributed by atoms with Gasteiger partial charge in [0.1, 0.15) is 13.2 Å². The fraction of sp³-hybridized carbons (Fsp3) is 0.857. The summed E-state index contributed by atoms with van der Waals surface area (Å²) in [7, 11) is 0. The van der Waals surface area contributed by atoms with Crippen molar-refractivity contribution in [3.8, 4) is 0 Å². The van der Waals surface area contributed by atoms with Crippen LogP contribution in [0.2, 0.25) is 0 Å². The first-order valence-electron chi connectivity index (χ1n) is 37.1. The lowest BCUT2D eigenvalue weighted by Gasteiger charge is -2.18. The Kier molecular flexibility index (Phi) is 69.6. The molecule has 0 aromatic carbocycles. The number of hydrogen-bond acceptors (Lipinski definition) is 6. The van der Waals surface area contributed by atoms with Gasteiger partial charge >= 0.3 is 17.9 Å². The van der Waals surface area contributed by atoms with Crippen LogP contribution in [0, 0.1) is 0 Å². The summed E-state index contributed by atoms with van der Waals surface area (Å²) in [6, 6.07) is 0. The molecule has 0 aromatic heterocycles. The van der Waals surface area contributed by atoms with Gasteiger partial charge in [-0.05, 0) is 83.5 Å². The van der Waals surface area contributed by atoms with Crippen molar-refractivity contribution in [2.45, 2.75) is 412 Å². The summed E-state index contributed by atoms with van der Waals surface area (Å²) < 4.78 is 17.0. The second kappa shape index (κ2) is 71.8. The normalized spacial score (nSPS) is 12.3. The number of esters is 3. The summed E-state index contributed by atoms with van der Waals surface area (Å²) in [5, 5.41) is 0. The third-order valence-corrected chi connectivity index (χ3v) is 16.8. The van der Waals surface area contributed by atoms with E-state index in [1.807, 2.05) is 0 Å². The van der Waals surface area contributed by atoms with E-state index in [2.05, 4.69) is 69.4 Å². The average Bonchev–Trinajstić information content (AvgIpc) is 3.49. The Bertz CT molecular complexity index is 1430. The van der Waals surface area contributed by atoms with E-state index in [9.17, 15) is 14.4 Å². The summed E-state index contributed by atoms with van der Waals surface area (Å²) in [6.45, 7) is 6.67. The van der Waals surface area contributed by atoms with E-state index in [0.29, 0.717) is 19.3 Å². The van der Waals surface area contributed by atoms with Crippen molar-refractivity contribution in [3.05, 3.63) is 48.6 Å². The van der Waals surface area contributed by atoms with Gasteiger partial charge in [-0.25, -0.2) is 0 Å². The van der Waals surface area contributed by atoms with Crippen LogP contribution in [0.25, 0.3) is 0 Å². The molecule has 0 radical (unpaired) electrons. The molecular formula is C77H142O6. The lowest BCUT2D eigenvalue weighted by Crippen LogP contribution is -2.30. The van der Waals surface area contributed by atoms with Crippen LogP contribution >= 0.6 is 0 Å². The van der Waals surface area contributed by atoms with Crippen LogP contribution in [0.15, 0.2) is 48.6 Å². The number of allylic oxidation sites excluding steroid dienone is 8. The lowest BCUT2D eigenvalue weighted by atomic mass is 10.0. The second-order valence-corrected chi connectivity index (χ2v) is 25.2. The first-order valence-corrected chi connectivity index (χ1v) is 37.1. The van der Waals surface area contributed by atoms with Crippen molar-refractivity contribution in [3.63, 3.8) is 0 Å². The van der Waals surface area contributed by atoms with Crippen molar-refractivity contribution in [2.24, 2.45) is 0 Å². The highest BCUT2D eigenvalue weighted by molar-refractivity contribution is 5.71. The zero-order valence-corrected chi connectivity index (χ0v) is 56.0. The average molecular weight is 1160 g/mol. The maximum absolute atomic E-state index is 13.0. The maximum atomic E-state index is 13.0. The fourth-order valence-corrected chi connectivity index (χ4v) is 11.2. The molecule has 0 aromatic rings. The summed E-state index contributed by atoms with van der Waals surface area (Å²) >= 11 is 0. The van der Waals surface area contributed by atoms with E-state index in [1.54, 1.807) is 0 Å². The first kappa shape index (κ1) is 80.4. The number of carbonyl (C=O) groups excluding carboxylic acids is 3. The van der Waals surface area contributed by atoms with Crippen LogP contribution in [-0.2, 0) is 28.6 Å². The van der Waals surface area contributed by atoms with Crippen molar-refractivity contribution in [2.75, 3.05) is 13.2 Å². The Labute approximate surface area is 518 Å². The predicted molar refractivity (Wildman–Crippen MR) is 362 cm³/mol. The van der Waals surface area contributed by atoms with Gasteiger partial charge in [0.15, 0.2) is 6.10 Å². The second-order valence-electron chi connectivity index (χ2n) is 25.2. The molecule has 83 heavy (non-hydrogen) atoms. The van der Waals surface area contributed by atoms with E-state index in [-0.39, 0.29) is 31.1 Å². The smallest absolute Gasteiger partial charge is 0.306 e. The molecule has 0 fully saturated rings. The zero-order valence-electron chi connectivity index (χ0n) is 56.0. The van der Waals surface area contributed by atoms with Gasteiger partial charge in [-0.1, -0.05) is 352 Å². The van der Waals surface area contributed by atoms with Crippen LogP contribution in [0.4, 0.5) is 0 Å². The highest BCUT2D eigenvalue weighted by Gasteiger charge is 2.19. The molecule has 0 bridgehead atoms. The van der Waals surface area contributed by atoms with Gasteiger partial charge < -0.3 is 14.2 Å². The number of unbranched alkanes of at least 4 members (excludes halogenated alkanes) is 50. The molecule has 0 aliphatic carbocycles. The van der Waals surface area contributed by atoms with Crippen LogP contribution in [0.3, 0.4) is 0 Å². The number of hydrogen-bond donors (Lipinski definition) is 0. The Morgan fingerprint density at radius 3 is 0.675 bits per heavy atom. The monoisotopic (exact) mass is 1160 g/mol. The molecule has 0 amide bonds. The van der Waals surface area contributed by atoms with E-state index in [1.165, 1.54) is 283 Å². The molecule has 1 unspecified atom stereocenters. The van der Waals surface area contributed by atoms with Gasteiger partial charge in [-0.2, -0.15) is 0 Å². The van der Waals surface area contributed by atoms with Crippen molar-refractivity contribution in [1.82, 2.24) is 0 Å². The topological polar surface area (TPSA) is 78.9 Å². The molecule has 1 atom stereocenters. The van der Waals surface area contributed by atoms with Gasteiger partial charge in [-0.15, -0.1) is 0 Å². The van der Waals surface area contributed by atoms with Gasteiger partial charge in [0.05, 0.1) is 0 Å². The quantitative estimate of drug-likeness (QED) is 0.0261. The van der Waals surface area contributed by atoms with E-state index >= 15 is 0 Å². The highest BCUT2D eigenvalue weighted by Crippen LogP contribution is 2.19. The predicted octanol–water partition coefficient (Wildman–Crippen LogP) is 25.7. The molecule has 0 spiro atoms. The van der Waals surface area contributed by atoms with Gasteiger partial charge in [0.25, 0.3) is 0 Å². The molecule has 0 N–H and O–H groups in total. The van der Waals surface area contributed by atoms with Crippen molar-refractivity contribution < 1.29 is 28.6 Å². The summed E-state index contributed by atoms with van der Waals surface area (Å²) in [5.74, 6) is -0.866. The van der Waals surface area contributed by atoms with Crippen LogP contribution in [-0.4, -0.2) is 37.2 Å². The molecule has 6 heteroatoms. The van der Waals surface area contributed by atoms with Crippen LogP contribution < -0.4 is 0 Å². The number of rotatable bonds is 69. The molecule has 0 rings (SSSR count). The lowest BCUT2D eigenvalue weighted by molar-refractivity contribution is -0.167. The van der Waals surface area contributed by atoms with Gasteiger partial charge in [0, 0.05) is 19.3 Å². The zero-order chi connectivity index (χ0) is 59.9. The summed E-state index contributed by atoms with van der Waals surface area (Å²) in [6.07, 6.45) is 91.5. The third kappa shape index (κ3) is 70.0. The van der Waals surface area contributed by atoms with Crippen LogP contribution in [0.5, 0.6) is 0 Å². The van der Waals surface area contributed by atoms with Crippen molar-refractivity contribution in [1.29, 1.82) is 0 Å². The molecule has 0 saturated carbocycles. The Balaban J connectivity index is 4.26. The molecule has 0 saturated heterocycles. The number of ether oxygens (including phenoxy) is 3. The van der Waals surface area contributed by atoms with Crippen molar-refractivity contribution >= 4 is 17.9 Å². The molecule has 486 valence electrons. The number of carbonyl (C=O) groups is 3. The maximum Gasteiger partial charge on any atom is 0.306 e. The Morgan fingerprint density at radius 2 is 0.434 bits per heavy atom. The molecular weight excluding hydrogens is 1020 g/mol. The summed E-state index contributed by atoms with van der Waals surface area (Å²) in [5.41, 5.74) is 0. The molecule has 0 heterocycles. The van der Waals surface area contributed by atoms with E-state index in [0.717, 1.165) is 83.5 Å². The van der Waals surface area contributed by atoms with Crippen LogP contribution in [0.1, 0.15) is 406 Å². The van der Waals surface area contributed by atoms with Gasteiger partial charge in [-0.3, -0.25) is 14.4 Å². The van der Waals surface area contributed by atoms with E-state index < -0.39 is 6.10 Å². The molecule has 0 aliphatic heterocycles. The Hall–Kier alpha value is -2.63. The van der Waals surface area contributed by atoms with Gasteiger partial charge in [0.2, 0.25) is 0 Å². The largest absolute Gasteiger partial charge is 0.462 e. The standard InChI is InChI=1S/C77H142O6/c1-4-7-10-13-16-19-22-25-28-31-33-35-36-37-38-39-40-41-43-44-46-49-52-55-58-61-64-67-70-76(79)82-73-74(72-81-75(78)69-66-63-60-57-54-51-48-30-27-24-21-18-15-12-9-6-3)83-77(80)71-68-65-62-59-56-53-50-47-45-42-34-32-29-26-23-20-17-14-11-8-5-2/h21,23-24,26,30,32,34,48,74H,4-20,22,25,27-29,31,33,35-47,49-73H2,1-3H3/b24-21-,26-23-,34-32-,48-30-. The first-order chi connectivity index (χ1) is 41.0.